The van der Waals surface area contributed by atoms with Gasteiger partial charge in [-0.1, -0.05) is 55.0 Å². The Hall–Kier alpha value is -3.36. The number of amides is 2. The second-order valence-corrected chi connectivity index (χ2v) is 11.8. The van der Waals surface area contributed by atoms with Crippen molar-refractivity contribution in [2.75, 3.05) is 17.2 Å². The molecule has 0 aliphatic carbocycles. The Balaban J connectivity index is 1.77. The summed E-state index contributed by atoms with van der Waals surface area (Å²) in [4.78, 5) is 29.7. The van der Waals surface area contributed by atoms with Crippen molar-refractivity contribution >= 4 is 40.7 Å². The maximum atomic E-state index is 13.7. The van der Waals surface area contributed by atoms with Gasteiger partial charge in [0.25, 0.3) is 0 Å². The van der Waals surface area contributed by atoms with Gasteiger partial charge in [-0.3, -0.25) is 14.5 Å². The topological polar surface area (TPSA) is 67.2 Å². The first kappa shape index (κ1) is 26.3. The Morgan fingerprint density at radius 2 is 1.84 bits per heavy atom. The number of aromatic nitrogens is 2. The van der Waals surface area contributed by atoms with Gasteiger partial charge in [0.2, 0.25) is 11.8 Å². The average Bonchev–Trinajstić information content (AvgIpc) is 3.49. The lowest BCUT2D eigenvalue weighted by Crippen LogP contribution is -2.44. The number of fused-ring (bicyclic) bond motifs is 1. The smallest absolute Gasteiger partial charge is 0.240 e. The fraction of sp³-hybridized carbons (Fsp3) is 0.300. The van der Waals surface area contributed by atoms with Crippen LogP contribution in [0.3, 0.4) is 0 Å². The number of nitrogens with one attached hydrogen (secondary N) is 1. The zero-order chi connectivity index (χ0) is 26.8. The molecule has 0 saturated heterocycles. The fourth-order valence-electron chi connectivity index (χ4n) is 4.62. The van der Waals surface area contributed by atoms with Gasteiger partial charge in [0.15, 0.2) is 0 Å². The quantitative estimate of drug-likeness (QED) is 0.296. The van der Waals surface area contributed by atoms with Crippen molar-refractivity contribution in [3.63, 3.8) is 0 Å². The summed E-state index contributed by atoms with van der Waals surface area (Å²) < 4.78 is 1.85. The van der Waals surface area contributed by atoms with Gasteiger partial charge in [-0.15, -0.1) is 23.1 Å². The Morgan fingerprint density at radius 1 is 1.11 bits per heavy atom. The number of nitrogens with zero attached hydrogens (tertiary/aromatic N) is 3. The lowest BCUT2D eigenvalue weighted by molar-refractivity contribution is -0.123. The molecule has 2 atom stereocenters. The highest BCUT2D eigenvalue weighted by Crippen LogP contribution is 2.50. The molecule has 0 saturated carbocycles. The average molecular weight is 545 g/mol. The van der Waals surface area contributed by atoms with Gasteiger partial charge in [0.1, 0.15) is 12.4 Å². The number of carbonyl (C=O) groups excluding carboxylic acids is 2. The minimum absolute atomic E-state index is 0.0295. The standard InChI is InChI=1S/C30H32N4O2S2/c1-5-21(4)31-24(35)17-33-25(36)18-38-29(28-20(3)15-16-37-28)26-27(22-9-7-6-8-10-22)32-34(30(26)33)23-13-11-19(2)12-14-23/h6-16,21,29H,5,17-18H2,1-4H3,(H,31,35)/t21-,29+/m1/s1. The summed E-state index contributed by atoms with van der Waals surface area (Å²) in [6.07, 6.45) is 0.819. The van der Waals surface area contributed by atoms with E-state index in [4.69, 9.17) is 5.10 Å². The second kappa shape index (κ2) is 11.2. The predicted octanol–water partition coefficient (Wildman–Crippen LogP) is 6.30. The summed E-state index contributed by atoms with van der Waals surface area (Å²) in [6.45, 7) is 8.11. The minimum atomic E-state index is -0.174. The number of thioether (sulfide) groups is 1. The van der Waals surface area contributed by atoms with Crippen LogP contribution in [0.2, 0.25) is 0 Å². The lowest BCUT2D eigenvalue weighted by Gasteiger charge is -2.24. The van der Waals surface area contributed by atoms with Crippen LogP contribution in [0.4, 0.5) is 5.82 Å². The SMILES string of the molecule is CC[C@@H](C)NC(=O)CN1C(=O)CS[C@H](c2sccc2C)c2c(-c3ccccc3)nn(-c3ccc(C)cc3)c21. The first-order chi connectivity index (χ1) is 18.4. The van der Waals surface area contributed by atoms with E-state index in [-0.39, 0.29) is 35.4 Å². The zero-order valence-corrected chi connectivity index (χ0v) is 23.7. The third-order valence-corrected chi connectivity index (χ3v) is 9.33. The fourth-order valence-corrected chi connectivity index (χ4v) is 7.09. The van der Waals surface area contributed by atoms with Crippen LogP contribution in [0.15, 0.2) is 66.0 Å². The van der Waals surface area contributed by atoms with Crippen LogP contribution in [0.25, 0.3) is 16.9 Å². The molecule has 6 nitrogen and oxygen atoms in total. The van der Waals surface area contributed by atoms with Crippen molar-refractivity contribution in [1.82, 2.24) is 15.1 Å². The van der Waals surface area contributed by atoms with Gasteiger partial charge in [0, 0.05) is 22.0 Å². The molecule has 1 aliphatic heterocycles. The monoisotopic (exact) mass is 544 g/mol. The van der Waals surface area contributed by atoms with E-state index in [0.717, 1.165) is 34.5 Å². The minimum Gasteiger partial charge on any atom is -0.352 e. The Labute approximate surface area is 232 Å². The molecule has 0 fully saturated rings. The summed E-state index contributed by atoms with van der Waals surface area (Å²) in [7, 11) is 0. The molecule has 5 rings (SSSR count). The van der Waals surface area contributed by atoms with Crippen LogP contribution in [0, 0.1) is 13.8 Å². The second-order valence-electron chi connectivity index (χ2n) is 9.71. The highest BCUT2D eigenvalue weighted by atomic mass is 32.2. The highest BCUT2D eigenvalue weighted by Gasteiger charge is 2.38. The van der Waals surface area contributed by atoms with Crippen molar-refractivity contribution in [1.29, 1.82) is 0 Å². The molecule has 0 unspecified atom stereocenters. The molecule has 4 aromatic rings. The van der Waals surface area contributed by atoms with Gasteiger partial charge in [-0.05, 0) is 56.3 Å². The maximum absolute atomic E-state index is 13.7. The van der Waals surface area contributed by atoms with Gasteiger partial charge in [0.05, 0.1) is 22.4 Å². The van der Waals surface area contributed by atoms with Crippen LogP contribution in [0.5, 0.6) is 0 Å². The third kappa shape index (κ3) is 5.15. The number of benzene rings is 2. The molecular formula is C30H32N4O2S2. The molecule has 196 valence electrons. The summed E-state index contributed by atoms with van der Waals surface area (Å²) in [5.41, 5.74) is 5.95. The molecule has 1 aliphatic rings. The van der Waals surface area contributed by atoms with E-state index in [2.05, 4.69) is 35.8 Å². The first-order valence-electron chi connectivity index (χ1n) is 12.9. The summed E-state index contributed by atoms with van der Waals surface area (Å²) in [5.74, 6) is 0.669. The van der Waals surface area contributed by atoms with Crippen LogP contribution in [-0.4, -0.2) is 39.9 Å². The van der Waals surface area contributed by atoms with Gasteiger partial charge < -0.3 is 5.32 Å². The van der Waals surface area contributed by atoms with Crippen molar-refractivity contribution in [3.8, 4) is 16.9 Å². The lowest BCUT2D eigenvalue weighted by atomic mass is 10.0. The molecule has 0 bridgehead atoms. The van der Waals surface area contributed by atoms with Crippen molar-refractivity contribution in [2.45, 2.75) is 45.4 Å². The van der Waals surface area contributed by atoms with E-state index < -0.39 is 0 Å². The molecule has 0 radical (unpaired) electrons. The van der Waals surface area contributed by atoms with Crippen LogP contribution in [0.1, 0.15) is 47.1 Å². The third-order valence-electron chi connectivity index (χ3n) is 6.88. The molecule has 1 N–H and O–H groups in total. The summed E-state index contributed by atoms with van der Waals surface area (Å²) in [5, 5.41) is 10.2. The summed E-state index contributed by atoms with van der Waals surface area (Å²) in [6, 6.07) is 20.4. The maximum Gasteiger partial charge on any atom is 0.240 e. The Morgan fingerprint density at radius 3 is 2.50 bits per heavy atom. The molecule has 0 spiro atoms. The number of hydrogen-bond acceptors (Lipinski definition) is 5. The molecule has 2 amide bonds. The number of carbonyl (C=O) groups is 2. The van der Waals surface area contributed by atoms with Crippen molar-refractivity contribution in [2.24, 2.45) is 0 Å². The number of aryl methyl sites for hydroxylation is 2. The van der Waals surface area contributed by atoms with Gasteiger partial charge in [-0.2, -0.15) is 5.10 Å². The number of thiophene rings is 1. The number of rotatable bonds is 7. The van der Waals surface area contributed by atoms with Crippen LogP contribution >= 0.6 is 23.1 Å². The van der Waals surface area contributed by atoms with Crippen LogP contribution < -0.4 is 10.2 Å². The van der Waals surface area contributed by atoms with E-state index in [1.807, 2.05) is 67.9 Å². The number of anilines is 1. The normalized spacial score (nSPS) is 16.2. The van der Waals surface area contributed by atoms with E-state index in [9.17, 15) is 9.59 Å². The Kier molecular flexibility index (Phi) is 7.72. The van der Waals surface area contributed by atoms with Crippen LogP contribution in [-0.2, 0) is 9.59 Å². The summed E-state index contributed by atoms with van der Waals surface area (Å²) >= 11 is 3.31. The van der Waals surface area contributed by atoms with E-state index in [0.29, 0.717) is 5.82 Å². The largest absolute Gasteiger partial charge is 0.352 e. The number of hydrogen-bond donors (Lipinski definition) is 1. The van der Waals surface area contributed by atoms with Gasteiger partial charge in [-0.25, -0.2) is 4.68 Å². The molecule has 2 aromatic carbocycles. The van der Waals surface area contributed by atoms with Crippen molar-refractivity contribution in [3.05, 3.63) is 87.6 Å². The Bertz CT molecular complexity index is 1440. The highest BCUT2D eigenvalue weighted by molar-refractivity contribution is 8.00. The van der Waals surface area contributed by atoms with Crippen molar-refractivity contribution < 1.29 is 9.59 Å². The molecule has 2 aromatic heterocycles. The molecular weight excluding hydrogens is 512 g/mol. The first-order valence-corrected chi connectivity index (χ1v) is 14.8. The van der Waals surface area contributed by atoms with Gasteiger partial charge >= 0.3 is 0 Å². The van der Waals surface area contributed by atoms with E-state index in [1.54, 1.807) is 28.0 Å². The molecule has 8 heteroatoms. The molecule has 3 heterocycles. The van der Waals surface area contributed by atoms with E-state index in [1.165, 1.54) is 10.4 Å². The van der Waals surface area contributed by atoms with E-state index >= 15 is 0 Å². The zero-order valence-electron chi connectivity index (χ0n) is 22.1. The predicted molar refractivity (Wildman–Crippen MR) is 157 cm³/mol. The molecule has 38 heavy (non-hydrogen) atoms.